The lowest BCUT2D eigenvalue weighted by Gasteiger charge is -2.16. The molecule has 124 valence electrons. The van der Waals surface area contributed by atoms with Crippen molar-refractivity contribution in [1.29, 1.82) is 0 Å². The number of nitrogens with one attached hydrogen (secondary N) is 1. The number of sulfonamides is 1. The van der Waals surface area contributed by atoms with Gasteiger partial charge in [0, 0.05) is 0 Å². The highest BCUT2D eigenvalue weighted by Gasteiger charge is 2.19. The first-order valence-electron chi connectivity index (χ1n) is 7.40. The topological polar surface area (TPSA) is 55.4 Å². The molecule has 23 heavy (non-hydrogen) atoms. The van der Waals surface area contributed by atoms with Gasteiger partial charge in [0.1, 0.15) is 0 Å². The number of para-hydroxylation sites is 1. The van der Waals surface area contributed by atoms with E-state index < -0.39 is 15.8 Å². The van der Waals surface area contributed by atoms with Crippen molar-refractivity contribution in [2.45, 2.75) is 31.6 Å². The molecular formula is C17H20FNO3S. The molecule has 0 unspecified atom stereocenters. The lowest BCUT2D eigenvalue weighted by Crippen LogP contribution is -2.16. The Bertz CT molecular complexity index is 781. The summed E-state index contributed by atoms with van der Waals surface area (Å²) in [5.41, 5.74) is 2.39. The van der Waals surface area contributed by atoms with E-state index in [2.05, 4.69) is 4.72 Å². The summed E-state index contributed by atoms with van der Waals surface area (Å²) in [5, 5.41) is 0. The third-order valence-electron chi connectivity index (χ3n) is 3.67. The number of halogens is 1. The van der Waals surface area contributed by atoms with Crippen LogP contribution < -0.4 is 9.46 Å². The first-order chi connectivity index (χ1) is 10.9. The molecule has 0 aliphatic rings. The van der Waals surface area contributed by atoms with Crippen LogP contribution in [-0.4, -0.2) is 15.5 Å². The zero-order valence-electron chi connectivity index (χ0n) is 13.4. The third-order valence-corrected chi connectivity index (χ3v) is 5.02. The normalized spacial score (nSPS) is 11.3. The molecule has 0 saturated heterocycles. The van der Waals surface area contributed by atoms with Gasteiger partial charge in [0.05, 0.1) is 17.7 Å². The average Bonchev–Trinajstić information content (AvgIpc) is 2.54. The molecule has 0 aromatic heterocycles. The van der Waals surface area contributed by atoms with E-state index in [9.17, 15) is 12.8 Å². The molecule has 0 saturated carbocycles. The summed E-state index contributed by atoms with van der Waals surface area (Å²) in [4.78, 5) is -0.135. The SMILES string of the molecule is CCc1cccc(CC)c1NS(=O)(=O)c1ccc(OC)c(F)c1. The Balaban J connectivity index is 2.45. The van der Waals surface area contributed by atoms with E-state index in [4.69, 9.17) is 4.74 Å². The molecule has 0 radical (unpaired) electrons. The van der Waals surface area contributed by atoms with Crippen molar-refractivity contribution in [3.63, 3.8) is 0 Å². The predicted octanol–water partition coefficient (Wildman–Crippen LogP) is 3.76. The van der Waals surface area contributed by atoms with Crippen molar-refractivity contribution in [3.05, 3.63) is 53.3 Å². The Kier molecular flexibility index (Phi) is 5.26. The standard InChI is InChI=1S/C17H20FNO3S/c1-4-12-7-6-8-13(5-2)17(12)19-23(20,21)14-9-10-16(22-3)15(18)11-14/h6-11,19H,4-5H2,1-3H3. The molecule has 0 aliphatic carbocycles. The number of aryl methyl sites for hydroxylation is 2. The van der Waals surface area contributed by atoms with Crippen molar-refractivity contribution >= 4 is 15.7 Å². The fourth-order valence-corrected chi connectivity index (χ4v) is 3.54. The van der Waals surface area contributed by atoms with Crippen LogP contribution in [0.2, 0.25) is 0 Å². The molecule has 0 aliphatic heterocycles. The maximum Gasteiger partial charge on any atom is 0.262 e. The Morgan fingerprint density at radius 2 is 1.70 bits per heavy atom. The van der Waals surface area contributed by atoms with Gasteiger partial charge in [-0.05, 0) is 42.2 Å². The summed E-state index contributed by atoms with van der Waals surface area (Å²) in [6.07, 6.45) is 1.39. The van der Waals surface area contributed by atoms with E-state index in [1.807, 2.05) is 32.0 Å². The van der Waals surface area contributed by atoms with Crippen LogP contribution >= 0.6 is 0 Å². The summed E-state index contributed by atoms with van der Waals surface area (Å²) >= 11 is 0. The van der Waals surface area contributed by atoms with Crippen LogP contribution in [0.3, 0.4) is 0 Å². The van der Waals surface area contributed by atoms with Crippen LogP contribution in [0.25, 0.3) is 0 Å². The number of ether oxygens (including phenoxy) is 1. The van der Waals surface area contributed by atoms with Gasteiger partial charge in [-0.1, -0.05) is 32.0 Å². The molecule has 0 heterocycles. The minimum atomic E-state index is -3.87. The second-order valence-electron chi connectivity index (χ2n) is 5.06. The van der Waals surface area contributed by atoms with E-state index in [1.54, 1.807) is 0 Å². The highest BCUT2D eigenvalue weighted by Crippen LogP contribution is 2.27. The quantitative estimate of drug-likeness (QED) is 0.873. The Hall–Kier alpha value is -2.08. The van der Waals surface area contributed by atoms with Crippen LogP contribution in [0.15, 0.2) is 41.3 Å². The van der Waals surface area contributed by atoms with Crippen LogP contribution in [0.5, 0.6) is 5.75 Å². The monoisotopic (exact) mass is 337 g/mol. The Labute approximate surface area is 136 Å². The van der Waals surface area contributed by atoms with Gasteiger partial charge in [-0.3, -0.25) is 4.72 Å². The van der Waals surface area contributed by atoms with Crippen LogP contribution in [0.1, 0.15) is 25.0 Å². The second kappa shape index (κ2) is 7.00. The number of hydrogen-bond acceptors (Lipinski definition) is 3. The van der Waals surface area contributed by atoms with E-state index in [-0.39, 0.29) is 10.6 Å². The van der Waals surface area contributed by atoms with Gasteiger partial charge in [0.15, 0.2) is 11.6 Å². The third kappa shape index (κ3) is 3.64. The molecule has 0 spiro atoms. The molecule has 0 atom stereocenters. The highest BCUT2D eigenvalue weighted by atomic mass is 32.2. The fourth-order valence-electron chi connectivity index (χ4n) is 2.38. The molecule has 1 N–H and O–H groups in total. The van der Waals surface area contributed by atoms with Gasteiger partial charge in [-0.25, -0.2) is 12.8 Å². The maximum atomic E-state index is 13.8. The molecule has 2 aromatic rings. The van der Waals surface area contributed by atoms with Gasteiger partial charge in [-0.15, -0.1) is 0 Å². The van der Waals surface area contributed by atoms with Crippen molar-refractivity contribution in [2.75, 3.05) is 11.8 Å². The zero-order valence-corrected chi connectivity index (χ0v) is 14.2. The lowest BCUT2D eigenvalue weighted by atomic mass is 10.0. The lowest BCUT2D eigenvalue weighted by molar-refractivity contribution is 0.385. The minimum absolute atomic E-state index is 0.00663. The number of benzene rings is 2. The predicted molar refractivity (Wildman–Crippen MR) is 89.0 cm³/mol. The van der Waals surface area contributed by atoms with E-state index in [0.29, 0.717) is 18.5 Å². The first kappa shape index (κ1) is 17.3. The summed E-state index contributed by atoms with van der Waals surface area (Å²) < 4.78 is 46.4. The second-order valence-corrected chi connectivity index (χ2v) is 6.74. The van der Waals surface area contributed by atoms with Crippen LogP contribution in [0, 0.1) is 5.82 Å². The van der Waals surface area contributed by atoms with E-state index in [0.717, 1.165) is 17.2 Å². The number of hydrogen-bond donors (Lipinski definition) is 1. The maximum absolute atomic E-state index is 13.8. The van der Waals surface area contributed by atoms with Crippen LogP contribution in [-0.2, 0) is 22.9 Å². The molecule has 2 aromatic carbocycles. The summed E-state index contributed by atoms with van der Waals surface area (Å²) in [5.74, 6) is -0.706. The first-order valence-corrected chi connectivity index (χ1v) is 8.88. The number of rotatable bonds is 6. The largest absolute Gasteiger partial charge is 0.494 e. The van der Waals surface area contributed by atoms with E-state index in [1.165, 1.54) is 19.2 Å². The molecule has 2 rings (SSSR count). The summed E-state index contributed by atoms with van der Waals surface area (Å²) in [7, 11) is -2.54. The van der Waals surface area contributed by atoms with Crippen molar-refractivity contribution in [2.24, 2.45) is 0 Å². The Morgan fingerprint density at radius 3 is 2.17 bits per heavy atom. The van der Waals surface area contributed by atoms with E-state index >= 15 is 0 Å². The van der Waals surface area contributed by atoms with Gasteiger partial charge in [-0.2, -0.15) is 0 Å². The minimum Gasteiger partial charge on any atom is -0.494 e. The van der Waals surface area contributed by atoms with Gasteiger partial charge in [0.25, 0.3) is 10.0 Å². The fraction of sp³-hybridized carbons (Fsp3) is 0.294. The highest BCUT2D eigenvalue weighted by molar-refractivity contribution is 7.92. The van der Waals surface area contributed by atoms with Gasteiger partial charge in [0.2, 0.25) is 0 Å². The molecule has 4 nitrogen and oxygen atoms in total. The molecule has 0 fully saturated rings. The average molecular weight is 337 g/mol. The molecular weight excluding hydrogens is 317 g/mol. The van der Waals surface area contributed by atoms with Crippen molar-refractivity contribution < 1.29 is 17.5 Å². The Morgan fingerprint density at radius 1 is 1.09 bits per heavy atom. The molecule has 0 bridgehead atoms. The zero-order chi connectivity index (χ0) is 17.0. The number of anilines is 1. The molecule has 0 amide bonds. The summed E-state index contributed by atoms with van der Waals surface area (Å²) in [6.45, 7) is 3.92. The molecule has 6 heteroatoms. The number of methoxy groups -OCH3 is 1. The van der Waals surface area contributed by atoms with Crippen LogP contribution in [0.4, 0.5) is 10.1 Å². The van der Waals surface area contributed by atoms with Gasteiger partial charge < -0.3 is 4.74 Å². The van der Waals surface area contributed by atoms with Crippen molar-refractivity contribution in [3.8, 4) is 5.75 Å². The van der Waals surface area contributed by atoms with Gasteiger partial charge >= 0.3 is 0 Å². The smallest absolute Gasteiger partial charge is 0.262 e. The van der Waals surface area contributed by atoms with Crippen molar-refractivity contribution in [1.82, 2.24) is 0 Å². The summed E-state index contributed by atoms with van der Waals surface area (Å²) in [6, 6.07) is 9.25.